The van der Waals surface area contributed by atoms with Crippen molar-refractivity contribution < 1.29 is 13.2 Å². The fourth-order valence-electron chi connectivity index (χ4n) is 1.90. The van der Waals surface area contributed by atoms with Crippen molar-refractivity contribution in [3.63, 3.8) is 0 Å². The van der Waals surface area contributed by atoms with Gasteiger partial charge >= 0.3 is 0 Å². The largest absolute Gasteiger partial charge is 0.357 e. The maximum absolute atomic E-state index is 11.9. The van der Waals surface area contributed by atoms with Crippen molar-refractivity contribution >= 4 is 21.6 Å². The Kier molecular flexibility index (Phi) is 4.94. The summed E-state index contributed by atoms with van der Waals surface area (Å²) in [5, 5.41) is 2.46. The average molecular weight is 284 g/mol. The van der Waals surface area contributed by atoms with E-state index in [9.17, 15) is 13.2 Å². The first kappa shape index (κ1) is 15.5. The highest BCUT2D eigenvalue weighted by Crippen LogP contribution is 2.21. The van der Waals surface area contributed by atoms with Crippen molar-refractivity contribution in [2.24, 2.45) is 0 Å². The minimum Gasteiger partial charge on any atom is -0.357 e. The zero-order valence-corrected chi connectivity index (χ0v) is 12.5. The van der Waals surface area contributed by atoms with Crippen molar-refractivity contribution in [1.82, 2.24) is 5.32 Å². The number of sulfonamides is 1. The van der Waals surface area contributed by atoms with Gasteiger partial charge in [-0.1, -0.05) is 19.1 Å². The van der Waals surface area contributed by atoms with Crippen LogP contribution < -0.4 is 9.62 Å². The summed E-state index contributed by atoms with van der Waals surface area (Å²) in [4.78, 5) is 11.7. The number of rotatable bonds is 5. The maximum Gasteiger partial charge on any atom is 0.243 e. The summed E-state index contributed by atoms with van der Waals surface area (Å²) < 4.78 is 24.9. The van der Waals surface area contributed by atoms with Crippen LogP contribution in [0.1, 0.15) is 19.4 Å². The Hall–Kier alpha value is -1.56. The van der Waals surface area contributed by atoms with Gasteiger partial charge in [-0.25, -0.2) is 8.42 Å². The molecule has 0 radical (unpaired) electrons. The maximum atomic E-state index is 11.9. The molecule has 0 aliphatic carbocycles. The number of anilines is 1. The standard InChI is InChI=1S/C13H20N2O3S/c1-5-11-6-8-12(9-7-11)15(19(4,17)18)10(2)13(16)14-3/h6-10H,5H2,1-4H3,(H,14,16). The predicted molar refractivity (Wildman–Crippen MR) is 76.7 cm³/mol. The summed E-state index contributed by atoms with van der Waals surface area (Å²) in [5.41, 5.74) is 1.61. The van der Waals surface area contributed by atoms with E-state index >= 15 is 0 Å². The van der Waals surface area contributed by atoms with Gasteiger partial charge in [-0.05, 0) is 31.0 Å². The molecule has 0 fully saturated rings. The van der Waals surface area contributed by atoms with Crippen molar-refractivity contribution in [2.45, 2.75) is 26.3 Å². The molecule has 1 amide bonds. The molecule has 5 nitrogen and oxygen atoms in total. The van der Waals surface area contributed by atoms with Gasteiger partial charge in [-0.15, -0.1) is 0 Å². The molecule has 1 atom stereocenters. The van der Waals surface area contributed by atoms with Crippen LogP contribution in [-0.2, 0) is 21.2 Å². The molecule has 1 rings (SSSR count). The van der Waals surface area contributed by atoms with Crippen LogP contribution in [0.2, 0.25) is 0 Å². The van der Waals surface area contributed by atoms with Crippen LogP contribution in [0, 0.1) is 0 Å². The number of aryl methyl sites for hydroxylation is 1. The number of benzene rings is 1. The number of carbonyl (C=O) groups is 1. The van der Waals surface area contributed by atoms with Gasteiger partial charge < -0.3 is 5.32 Å². The lowest BCUT2D eigenvalue weighted by Gasteiger charge is -2.27. The number of carbonyl (C=O) groups excluding carboxylic acids is 1. The van der Waals surface area contributed by atoms with E-state index < -0.39 is 16.1 Å². The molecular formula is C13H20N2O3S. The SMILES string of the molecule is CCc1ccc(N(C(C)C(=O)NC)S(C)(=O)=O)cc1. The quantitative estimate of drug-likeness (QED) is 0.882. The molecule has 1 aromatic rings. The number of hydrogen-bond acceptors (Lipinski definition) is 3. The monoisotopic (exact) mass is 284 g/mol. The van der Waals surface area contributed by atoms with Crippen LogP contribution >= 0.6 is 0 Å². The Morgan fingerprint density at radius 1 is 1.32 bits per heavy atom. The summed E-state index contributed by atoms with van der Waals surface area (Å²) >= 11 is 0. The van der Waals surface area contributed by atoms with Crippen molar-refractivity contribution in [2.75, 3.05) is 17.6 Å². The molecule has 0 spiro atoms. The van der Waals surface area contributed by atoms with Crippen LogP contribution in [0.5, 0.6) is 0 Å². The van der Waals surface area contributed by atoms with Crippen molar-refractivity contribution in [3.05, 3.63) is 29.8 Å². The summed E-state index contributed by atoms with van der Waals surface area (Å²) in [6.45, 7) is 3.59. The molecule has 1 N–H and O–H groups in total. The lowest BCUT2D eigenvalue weighted by molar-refractivity contribution is -0.121. The lowest BCUT2D eigenvalue weighted by Crippen LogP contribution is -2.46. The number of nitrogens with zero attached hydrogens (tertiary/aromatic N) is 1. The molecule has 6 heteroatoms. The third kappa shape index (κ3) is 3.70. The molecule has 0 saturated carbocycles. The van der Waals surface area contributed by atoms with Crippen molar-refractivity contribution in [1.29, 1.82) is 0 Å². The zero-order chi connectivity index (χ0) is 14.6. The van der Waals surface area contributed by atoms with E-state index in [4.69, 9.17) is 0 Å². The normalized spacial score (nSPS) is 12.8. The van der Waals surface area contributed by atoms with Gasteiger partial charge in [0.1, 0.15) is 6.04 Å². The topological polar surface area (TPSA) is 66.5 Å². The van der Waals surface area contributed by atoms with Gasteiger partial charge in [-0.3, -0.25) is 9.10 Å². The Labute approximate surface area is 114 Å². The number of nitrogens with one attached hydrogen (secondary N) is 1. The van der Waals surface area contributed by atoms with Gasteiger partial charge in [0.15, 0.2) is 0 Å². The van der Waals surface area contributed by atoms with Gasteiger partial charge in [-0.2, -0.15) is 0 Å². The van der Waals surface area contributed by atoms with E-state index in [2.05, 4.69) is 5.32 Å². The van der Waals surface area contributed by atoms with E-state index in [1.807, 2.05) is 19.1 Å². The lowest BCUT2D eigenvalue weighted by atomic mass is 10.1. The Morgan fingerprint density at radius 3 is 2.21 bits per heavy atom. The molecule has 0 heterocycles. The summed E-state index contributed by atoms with van der Waals surface area (Å²) in [7, 11) is -2.03. The second kappa shape index (κ2) is 6.06. The Bertz CT molecular complexity index is 538. The van der Waals surface area contributed by atoms with Crippen LogP contribution in [0.15, 0.2) is 24.3 Å². The molecule has 19 heavy (non-hydrogen) atoms. The highest BCUT2D eigenvalue weighted by Gasteiger charge is 2.28. The van der Waals surface area contributed by atoms with Crippen LogP contribution in [0.25, 0.3) is 0 Å². The van der Waals surface area contributed by atoms with E-state index in [1.54, 1.807) is 19.1 Å². The number of amides is 1. The minimum absolute atomic E-state index is 0.343. The van der Waals surface area contributed by atoms with Gasteiger partial charge in [0, 0.05) is 7.05 Å². The molecule has 0 aliphatic rings. The highest BCUT2D eigenvalue weighted by atomic mass is 32.2. The fourth-order valence-corrected chi connectivity index (χ4v) is 3.07. The molecule has 0 saturated heterocycles. The summed E-state index contributed by atoms with van der Waals surface area (Å²) in [5.74, 6) is -0.343. The van der Waals surface area contributed by atoms with Crippen LogP contribution in [0.3, 0.4) is 0 Å². The minimum atomic E-state index is -3.52. The third-order valence-electron chi connectivity index (χ3n) is 2.93. The van der Waals surface area contributed by atoms with Crippen LogP contribution in [0.4, 0.5) is 5.69 Å². The number of likely N-dealkylation sites (N-methyl/N-ethyl adjacent to an activating group) is 1. The number of hydrogen-bond donors (Lipinski definition) is 1. The molecule has 0 aromatic heterocycles. The Balaban J connectivity index is 3.21. The molecule has 1 unspecified atom stereocenters. The van der Waals surface area contributed by atoms with Gasteiger partial charge in [0.2, 0.25) is 15.9 Å². The molecule has 0 bridgehead atoms. The molecular weight excluding hydrogens is 264 g/mol. The van der Waals surface area contributed by atoms with Gasteiger partial charge in [0.25, 0.3) is 0 Å². The van der Waals surface area contributed by atoms with E-state index in [0.717, 1.165) is 22.5 Å². The first-order valence-corrected chi connectivity index (χ1v) is 7.96. The van der Waals surface area contributed by atoms with E-state index in [0.29, 0.717) is 5.69 Å². The van der Waals surface area contributed by atoms with Gasteiger partial charge in [0.05, 0.1) is 11.9 Å². The van der Waals surface area contributed by atoms with Crippen molar-refractivity contribution in [3.8, 4) is 0 Å². The second-order valence-electron chi connectivity index (χ2n) is 4.37. The summed E-state index contributed by atoms with van der Waals surface area (Å²) in [6, 6.07) is 6.39. The molecule has 0 aliphatic heterocycles. The van der Waals surface area contributed by atoms with Crippen LogP contribution in [-0.4, -0.2) is 33.7 Å². The van der Waals surface area contributed by atoms with E-state index in [-0.39, 0.29) is 5.91 Å². The Morgan fingerprint density at radius 2 is 1.84 bits per heavy atom. The average Bonchev–Trinajstić information content (AvgIpc) is 2.37. The highest BCUT2D eigenvalue weighted by molar-refractivity contribution is 7.92. The fraction of sp³-hybridized carbons (Fsp3) is 0.462. The third-order valence-corrected chi connectivity index (χ3v) is 4.18. The molecule has 106 valence electrons. The summed E-state index contributed by atoms with van der Waals surface area (Å²) in [6.07, 6.45) is 1.98. The smallest absolute Gasteiger partial charge is 0.243 e. The first-order chi connectivity index (χ1) is 8.81. The first-order valence-electron chi connectivity index (χ1n) is 6.11. The predicted octanol–water partition coefficient (Wildman–Crippen LogP) is 1.15. The van der Waals surface area contributed by atoms with E-state index in [1.165, 1.54) is 7.05 Å². The molecule has 1 aromatic carbocycles. The zero-order valence-electron chi connectivity index (χ0n) is 11.7. The second-order valence-corrected chi connectivity index (χ2v) is 6.23.